The molecule has 2 aliphatic rings. The molecule has 3 nitrogen and oxygen atoms in total. The van der Waals surface area contributed by atoms with E-state index in [2.05, 4.69) is 0 Å². The van der Waals surface area contributed by atoms with Crippen molar-refractivity contribution in [3.05, 3.63) is 40.6 Å². The minimum atomic E-state index is -0.572. The van der Waals surface area contributed by atoms with Crippen molar-refractivity contribution in [2.24, 2.45) is 0 Å². The second-order valence-corrected chi connectivity index (χ2v) is 7.32. The largest absolute Gasteiger partial charge is 0.510 e. The van der Waals surface area contributed by atoms with Crippen LogP contribution < -0.4 is 0 Å². The smallest absolute Gasteiger partial charge is 0.224 e. The molecule has 0 unspecified atom stereocenters. The van der Waals surface area contributed by atoms with E-state index in [9.17, 15) is 14.7 Å². The number of rotatable bonds is 1. The Morgan fingerprint density at radius 2 is 1.81 bits per heavy atom. The second kappa shape index (κ2) is 5.02. The lowest BCUT2D eigenvalue weighted by molar-refractivity contribution is -0.120. The zero-order chi connectivity index (χ0) is 15.2. The predicted octanol–water partition coefficient (Wildman–Crippen LogP) is 3.73. The van der Waals surface area contributed by atoms with Gasteiger partial charge in [-0.15, -0.1) is 0 Å². The maximum Gasteiger partial charge on any atom is 0.224 e. The highest BCUT2D eigenvalue weighted by Gasteiger charge is 2.49. The van der Waals surface area contributed by atoms with E-state index < -0.39 is 4.75 Å². The summed E-state index contributed by atoms with van der Waals surface area (Å²) in [7, 11) is 0. The van der Waals surface area contributed by atoms with Gasteiger partial charge in [0.1, 0.15) is 11.5 Å². The third-order valence-corrected chi connectivity index (χ3v) is 5.81. The lowest BCUT2D eigenvalue weighted by Crippen LogP contribution is -2.31. The van der Waals surface area contributed by atoms with Crippen LogP contribution in [0.25, 0.3) is 5.57 Å². The molecule has 0 aromatic heterocycles. The molecule has 0 radical (unpaired) electrons. The molecule has 3 rings (SSSR count). The Labute approximate surface area is 128 Å². The molecule has 1 spiro atoms. The fraction of sp³-hybridized carbons (Fsp3) is 0.412. The third-order valence-electron chi connectivity index (χ3n) is 4.43. The van der Waals surface area contributed by atoms with Gasteiger partial charge >= 0.3 is 0 Å². The molecule has 110 valence electrons. The van der Waals surface area contributed by atoms with Crippen molar-refractivity contribution in [1.82, 2.24) is 0 Å². The minimum Gasteiger partial charge on any atom is -0.510 e. The molecule has 1 aliphatic heterocycles. The Bertz CT molecular complexity index is 663. The lowest BCUT2D eigenvalue weighted by atomic mass is 9.83. The normalized spacial score (nSPS) is 21.4. The molecule has 1 N–H and O–H groups in total. The first kappa shape index (κ1) is 14.4. The van der Waals surface area contributed by atoms with E-state index in [0.29, 0.717) is 31.3 Å². The molecular formula is C17H18O3S. The van der Waals surface area contributed by atoms with Gasteiger partial charge in [0.25, 0.3) is 0 Å². The molecule has 1 aliphatic carbocycles. The van der Waals surface area contributed by atoms with Crippen LogP contribution in [-0.4, -0.2) is 20.8 Å². The first-order valence-electron chi connectivity index (χ1n) is 7.19. The number of carbonyl (C=O) groups is 2. The highest BCUT2D eigenvalue weighted by Crippen LogP contribution is 2.53. The summed E-state index contributed by atoms with van der Waals surface area (Å²) >= 11 is 1.20. The highest BCUT2D eigenvalue weighted by atomic mass is 32.2. The van der Waals surface area contributed by atoms with Gasteiger partial charge in [0, 0.05) is 12.8 Å². The summed E-state index contributed by atoms with van der Waals surface area (Å²) in [5, 5.41) is 10.6. The highest BCUT2D eigenvalue weighted by molar-refractivity contribution is 8.16. The topological polar surface area (TPSA) is 54.4 Å². The number of aliphatic hydroxyl groups is 1. The van der Waals surface area contributed by atoms with E-state index in [1.54, 1.807) is 0 Å². The van der Waals surface area contributed by atoms with E-state index in [-0.39, 0.29) is 16.7 Å². The second-order valence-electron chi connectivity index (χ2n) is 5.96. The minimum absolute atomic E-state index is 0.0752. The van der Waals surface area contributed by atoms with Gasteiger partial charge in [-0.2, -0.15) is 0 Å². The number of hydrogen-bond acceptors (Lipinski definition) is 4. The molecule has 1 aromatic rings. The maximum absolute atomic E-state index is 12.4. The van der Waals surface area contributed by atoms with Crippen molar-refractivity contribution >= 4 is 28.2 Å². The quantitative estimate of drug-likeness (QED) is 0.859. The lowest BCUT2D eigenvalue weighted by Gasteiger charge is -2.30. The van der Waals surface area contributed by atoms with Gasteiger partial charge in [0.05, 0.1) is 10.3 Å². The SMILES string of the molecule is Cc1ccc(C2=C(O)C3(CCC(=O)CC3)SC2=O)c(C)c1. The number of Topliss-reactive ketones (excluding diaryl/α,β-unsaturated/α-hetero) is 1. The number of hydrogen-bond donors (Lipinski definition) is 1. The number of carbonyl (C=O) groups excluding carboxylic acids is 2. The Balaban J connectivity index is 2.06. The summed E-state index contributed by atoms with van der Waals surface area (Å²) in [6.07, 6.45) is 2.01. The van der Waals surface area contributed by atoms with Gasteiger partial charge in [0.15, 0.2) is 0 Å². The van der Waals surface area contributed by atoms with Gasteiger partial charge < -0.3 is 5.11 Å². The van der Waals surface area contributed by atoms with Gasteiger partial charge in [-0.25, -0.2) is 0 Å². The van der Waals surface area contributed by atoms with Crippen LogP contribution in [-0.2, 0) is 9.59 Å². The Morgan fingerprint density at radius 3 is 2.43 bits per heavy atom. The van der Waals surface area contributed by atoms with Crippen LogP contribution >= 0.6 is 11.8 Å². The summed E-state index contributed by atoms with van der Waals surface area (Å²) in [6, 6.07) is 5.88. The third kappa shape index (κ3) is 2.31. The maximum atomic E-state index is 12.4. The summed E-state index contributed by atoms with van der Waals surface area (Å²) in [5.41, 5.74) is 3.37. The zero-order valence-electron chi connectivity index (χ0n) is 12.2. The summed E-state index contributed by atoms with van der Waals surface area (Å²) in [5.74, 6) is 0.401. The Kier molecular flexibility index (Phi) is 3.44. The van der Waals surface area contributed by atoms with E-state index in [1.165, 1.54) is 11.8 Å². The van der Waals surface area contributed by atoms with E-state index in [1.807, 2.05) is 32.0 Å². The average Bonchev–Trinajstić information content (AvgIpc) is 2.66. The first-order valence-corrected chi connectivity index (χ1v) is 8.01. The predicted molar refractivity (Wildman–Crippen MR) is 84.3 cm³/mol. The number of aryl methyl sites for hydroxylation is 2. The van der Waals surface area contributed by atoms with Crippen LogP contribution in [0.5, 0.6) is 0 Å². The van der Waals surface area contributed by atoms with Crippen molar-refractivity contribution in [3.63, 3.8) is 0 Å². The van der Waals surface area contributed by atoms with Crippen molar-refractivity contribution < 1.29 is 14.7 Å². The van der Waals surface area contributed by atoms with Crippen LogP contribution in [0.4, 0.5) is 0 Å². The monoisotopic (exact) mass is 302 g/mol. The molecule has 4 heteroatoms. The molecular weight excluding hydrogens is 284 g/mol. The first-order chi connectivity index (χ1) is 9.93. The van der Waals surface area contributed by atoms with Crippen molar-refractivity contribution in [2.75, 3.05) is 0 Å². The Hall–Kier alpha value is -1.55. The fourth-order valence-electron chi connectivity index (χ4n) is 3.20. The number of aliphatic hydroxyl groups excluding tert-OH is 1. The average molecular weight is 302 g/mol. The summed E-state index contributed by atoms with van der Waals surface area (Å²) in [4.78, 5) is 23.9. The van der Waals surface area contributed by atoms with E-state index >= 15 is 0 Å². The molecule has 0 saturated heterocycles. The van der Waals surface area contributed by atoms with Crippen molar-refractivity contribution in [2.45, 2.75) is 44.3 Å². The molecule has 0 bridgehead atoms. The summed E-state index contributed by atoms with van der Waals surface area (Å²) in [6.45, 7) is 3.96. The van der Waals surface area contributed by atoms with E-state index in [0.717, 1.165) is 16.7 Å². The van der Waals surface area contributed by atoms with Crippen LogP contribution in [0.1, 0.15) is 42.4 Å². The van der Waals surface area contributed by atoms with Crippen molar-refractivity contribution in [1.29, 1.82) is 0 Å². The van der Waals surface area contributed by atoms with Crippen LogP contribution in [0.2, 0.25) is 0 Å². The van der Waals surface area contributed by atoms with Crippen LogP contribution in [0.15, 0.2) is 24.0 Å². The van der Waals surface area contributed by atoms with Gasteiger partial charge in [0.2, 0.25) is 5.12 Å². The number of ketones is 1. The van der Waals surface area contributed by atoms with Gasteiger partial charge in [-0.1, -0.05) is 35.5 Å². The summed E-state index contributed by atoms with van der Waals surface area (Å²) < 4.78 is -0.572. The molecule has 1 heterocycles. The zero-order valence-corrected chi connectivity index (χ0v) is 13.0. The number of benzene rings is 1. The standard InChI is InChI=1S/C17H18O3S/c1-10-3-4-13(11(2)9-10)14-15(19)17(21-16(14)20)7-5-12(18)6-8-17/h3-4,9,19H,5-8H2,1-2H3. The van der Waals surface area contributed by atoms with Gasteiger partial charge in [-0.05, 0) is 37.8 Å². The molecule has 0 amide bonds. The van der Waals surface area contributed by atoms with Crippen LogP contribution in [0, 0.1) is 13.8 Å². The molecule has 1 fully saturated rings. The fourth-order valence-corrected chi connectivity index (χ4v) is 4.48. The van der Waals surface area contributed by atoms with Crippen LogP contribution in [0.3, 0.4) is 0 Å². The molecule has 1 aromatic carbocycles. The number of thioether (sulfide) groups is 1. The molecule has 0 atom stereocenters. The van der Waals surface area contributed by atoms with Gasteiger partial charge in [-0.3, -0.25) is 9.59 Å². The Morgan fingerprint density at radius 1 is 1.14 bits per heavy atom. The molecule has 21 heavy (non-hydrogen) atoms. The van der Waals surface area contributed by atoms with E-state index in [4.69, 9.17) is 0 Å². The molecule has 1 saturated carbocycles. The van der Waals surface area contributed by atoms with Crippen molar-refractivity contribution in [3.8, 4) is 0 Å².